The maximum atomic E-state index is 5.44. The van der Waals surface area contributed by atoms with Crippen LogP contribution in [0.1, 0.15) is 5.69 Å². The van der Waals surface area contributed by atoms with E-state index < -0.39 is 0 Å². The van der Waals surface area contributed by atoms with Gasteiger partial charge in [0.15, 0.2) is 0 Å². The number of hydrogen-bond donors (Lipinski definition) is 1. The van der Waals surface area contributed by atoms with Crippen molar-refractivity contribution in [2.24, 2.45) is 5.73 Å². The highest BCUT2D eigenvalue weighted by molar-refractivity contribution is 7.12. The van der Waals surface area contributed by atoms with E-state index in [-0.39, 0.29) is 0 Å². The largest absolute Gasteiger partial charge is 0.325 e. The fraction of sp³-hybridized carbons (Fsp3) is 0.125. The van der Waals surface area contributed by atoms with Crippen LogP contribution in [0.15, 0.2) is 29.8 Å². The molecule has 0 aliphatic carbocycles. The molecule has 0 aliphatic heterocycles. The van der Waals surface area contributed by atoms with E-state index in [9.17, 15) is 0 Å². The summed E-state index contributed by atoms with van der Waals surface area (Å²) < 4.78 is 1.84. The third-order valence-corrected chi connectivity index (χ3v) is 2.44. The standard InChI is InChI=1S/C8H9N3S/c9-6-7-3-4-11(10-7)8-2-1-5-12-8/h1-5H,6,9H2. The predicted octanol–water partition coefficient (Wildman–Crippen LogP) is 1.39. The average Bonchev–Trinajstić information content (AvgIpc) is 2.75. The minimum absolute atomic E-state index is 0.498. The number of aromatic nitrogens is 2. The molecule has 3 nitrogen and oxygen atoms in total. The Bertz CT molecular complexity index is 350. The Labute approximate surface area is 74.4 Å². The third-order valence-electron chi connectivity index (χ3n) is 1.59. The molecule has 2 rings (SSSR count). The Balaban J connectivity index is 2.35. The van der Waals surface area contributed by atoms with Gasteiger partial charge in [0.05, 0.1) is 5.69 Å². The van der Waals surface area contributed by atoms with Gasteiger partial charge < -0.3 is 5.73 Å². The van der Waals surface area contributed by atoms with Gasteiger partial charge in [-0.15, -0.1) is 11.3 Å². The zero-order valence-corrected chi connectivity index (χ0v) is 7.29. The van der Waals surface area contributed by atoms with Crippen molar-refractivity contribution in [1.29, 1.82) is 0 Å². The van der Waals surface area contributed by atoms with Crippen LogP contribution in [0.5, 0.6) is 0 Å². The summed E-state index contributed by atoms with van der Waals surface area (Å²) in [5, 5.41) is 7.42. The molecule has 0 aliphatic rings. The first-order valence-electron chi connectivity index (χ1n) is 3.68. The molecule has 0 saturated carbocycles. The molecule has 2 N–H and O–H groups in total. The summed E-state index contributed by atoms with van der Waals surface area (Å²) >= 11 is 1.66. The van der Waals surface area contributed by atoms with Crippen LogP contribution in [0.4, 0.5) is 0 Å². The quantitative estimate of drug-likeness (QED) is 0.757. The topological polar surface area (TPSA) is 43.8 Å². The van der Waals surface area contributed by atoms with Crippen LogP contribution < -0.4 is 5.73 Å². The molecular weight excluding hydrogens is 170 g/mol. The molecule has 0 fully saturated rings. The summed E-state index contributed by atoms with van der Waals surface area (Å²) in [6.07, 6.45) is 1.92. The maximum Gasteiger partial charge on any atom is 0.117 e. The summed E-state index contributed by atoms with van der Waals surface area (Å²) in [6.45, 7) is 0.498. The van der Waals surface area contributed by atoms with Gasteiger partial charge in [0, 0.05) is 12.7 Å². The van der Waals surface area contributed by atoms with Gasteiger partial charge in [-0.05, 0) is 23.6 Å². The maximum absolute atomic E-state index is 5.44. The molecule has 0 atom stereocenters. The van der Waals surface area contributed by atoms with Crippen LogP contribution in [0, 0.1) is 0 Å². The molecule has 0 aromatic carbocycles. The smallest absolute Gasteiger partial charge is 0.117 e. The SMILES string of the molecule is NCc1ccn(-c2cccs2)n1. The lowest BCUT2D eigenvalue weighted by Gasteiger charge is -1.93. The molecule has 2 heterocycles. The monoisotopic (exact) mass is 179 g/mol. The highest BCUT2D eigenvalue weighted by Gasteiger charge is 1.98. The summed E-state index contributed by atoms with van der Waals surface area (Å²) in [5.41, 5.74) is 6.36. The van der Waals surface area contributed by atoms with Gasteiger partial charge in [-0.25, -0.2) is 4.68 Å². The van der Waals surface area contributed by atoms with Crippen LogP contribution in [-0.4, -0.2) is 9.78 Å². The normalized spacial score (nSPS) is 10.4. The van der Waals surface area contributed by atoms with Gasteiger partial charge >= 0.3 is 0 Å². The van der Waals surface area contributed by atoms with E-state index in [2.05, 4.69) is 5.10 Å². The van der Waals surface area contributed by atoms with Crippen molar-refractivity contribution in [2.45, 2.75) is 6.54 Å². The summed E-state index contributed by atoms with van der Waals surface area (Å²) in [5.74, 6) is 0. The van der Waals surface area contributed by atoms with E-state index in [1.165, 1.54) is 0 Å². The van der Waals surface area contributed by atoms with Gasteiger partial charge in [0.2, 0.25) is 0 Å². The second kappa shape index (κ2) is 3.08. The van der Waals surface area contributed by atoms with Gasteiger partial charge in [-0.2, -0.15) is 5.10 Å². The van der Waals surface area contributed by atoms with Crippen LogP contribution >= 0.6 is 11.3 Å². The van der Waals surface area contributed by atoms with Crippen molar-refractivity contribution in [1.82, 2.24) is 9.78 Å². The van der Waals surface area contributed by atoms with E-state index in [0.29, 0.717) is 6.54 Å². The minimum atomic E-state index is 0.498. The molecule has 4 heteroatoms. The predicted molar refractivity (Wildman–Crippen MR) is 49.3 cm³/mol. The molecule has 12 heavy (non-hydrogen) atoms. The molecule has 0 bridgehead atoms. The molecule has 0 spiro atoms. The number of thiophene rings is 1. The summed E-state index contributed by atoms with van der Waals surface area (Å²) in [4.78, 5) is 0. The molecule has 0 amide bonds. The lowest BCUT2D eigenvalue weighted by molar-refractivity contribution is 0.845. The van der Waals surface area contributed by atoms with Crippen molar-refractivity contribution in [3.8, 4) is 5.00 Å². The minimum Gasteiger partial charge on any atom is -0.325 e. The van der Waals surface area contributed by atoms with Crippen molar-refractivity contribution < 1.29 is 0 Å². The van der Waals surface area contributed by atoms with Gasteiger partial charge in [0.25, 0.3) is 0 Å². The lowest BCUT2D eigenvalue weighted by atomic mass is 10.4. The highest BCUT2D eigenvalue weighted by atomic mass is 32.1. The molecular formula is C8H9N3S. The van der Waals surface area contributed by atoms with E-state index >= 15 is 0 Å². The molecule has 0 radical (unpaired) electrons. The van der Waals surface area contributed by atoms with Crippen molar-refractivity contribution >= 4 is 11.3 Å². The van der Waals surface area contributed by atoms with E-state index in [4.69, 9.17) is 5.73 Å². The first-order chi connectivity index (χ1) is 5.90. The Kier molecular flexibility index (Phi) is 1.93. The molecule has 0 saturated heterocycles. The van der Waals surface area contributed by atoms with Crippen LogP contribution in [0.3, 0.4) is 0 Å². The van der Waals surface area contributed by atoms with E-state index in [1.807, 2.05) is 34.5 Å². The number of nitrogens with two attached hydrogens (primary N) is 1. The second-order valence-electron chi connectivity index (χ2n) is 2.41. The molecule has 2 aromatic heterocycles. The number of nitrogens with zero attached hydrogens (tertiary/aromatic N) is 2. The number of hydrogen-bond acceptors (Lipinski definition) is 3. The van der Waals surface area contributed by atoms with E-state index in [1.54, 1.807) is 11.3 Å². The van der Waals surface area contributed by atoms with Crippen LogP contribution in [0.25, 0.3) is 5.00 Å². The molecule has 62 valence electrons. The first kappa shape index (κ1) is 7.52. The first-order valence-corrected chi connectivity index (χ1v) is 4.56. The zero-order valence-electron chi connectivity index (χ0n) is 6.47. The van der Waals surface area contributed by atoms with E-state index in [0.717, 1.165) is 10.7 Å². The van der Waals surface area contributed by atoms with Crippen LogP contribution in [-0.2, 0) is 6.54 Å². The van der Waals surface area contributed by atoms with Gasteiger partial charge in [0.1, 0.15) is 5.00 Å². The Hall–Kier alpha value is -1.13. The van der Waals surface area contributed by atoms with Crippen molar-refractivity contribution in [3.05, 3.63) is 35.5 Å². The number of rotatable bonds is 2. The average molecular weight is 179 g/mol. The Morgan fingerprint density at radius 3 is 3.00 bits per heavy atom. The fourth-order valence-electron chi connectivity index (χ4n) is 0.994. The lowest BCUT2D eigenvalue weighted by Crippen LogP contribution is -1.98. The fourth-order valence-corrected chi connectivity index (χ4v) is 1.66. The summed E-state index contributed by atoms with van der Waals surface area (Å²) in [7, 11) is 0. The van der Waals surface area contributed by atoms with Gasteiger partial charge in [-0.3, -0.25) is 0 Å². The second-order valence-corrected chi connectivity index (χ2v) is 3.33. The molecule has 0 unspecified atom stereocenters. The van der Waals surface area contributed by atoms with Crippen molar-refractivity contribution in [2.75, 3.05) is 0 Å². The Morgan fingerprint density at radius 2 is 2.42 bits per heavy atom. The highest BCUT2D eigenvalue weighted by Crippen LogP contribution is 2.13. The zero-order chi connectivity index (χ0) is 8.39. The van der Waals surface area contributed by atoms with Crippen molar-refractivity contribution in [3.63, 3.8) is 0 Å². The third kappa shape index (κ3) is 1.26. The Morgan fingerprint density at radius 1 is 1.50 bits per heavy atom. The van der Waals surface area contributed by atoms with Gasteiger partial charge in [-0.1, -0.05) is 0 Å². The molecule has 2 aromatic rings. The summed E-state index contributed by atoms with van der Waals surface area (Å²) in [6, 6.07) is 5.96. The van der Waals surface area contributed by atoms with Crippen LogP contribution in [0.2, 0.25) is 0 Å².